The van der Waals surface area contributed by atoms with E-state index in [4.69, 9.17) is 4.74 Å². The van der Waals surface area contributed by atoms with E-state index in [9.17, 15) is 13.6 Å². The highest BCUT2D eigenvalue weighted by Crippen LogP contribution is 2.18. The molecule has 0 unspecified atom stereocenters. The van der Waals surface area contributed by atoms with Gasteiger partial charge in [-0.05, 0) is 29.8 Å². The smallest absolute Gasteiger partial charge is 0.263 e. The molecule has 0 atom stereocenters. The highest BCUT2D eigenvalue weighted by molar-refractivity contribution is 9.10. The first-order valence-corrected chi connectivity index (χ1v) is 8.44. The van der Waals surface area contributed by atoms with Crippen LogP contribution < -0.4 is 10.1 Å². The maximum atomic E-state index is 13.5. The summed E-state index contributed by atoms with van der Waals surface area (Å²) in [7, 11) is 0. The van der Waals surface area contributed by atoms with Crippen LogP contribution in [0.4, 0.5) is 14.6 Å². The average molecular weight is 422 g/mol. The second-order valence-corrected chi connectivity index (χ2v) is 6.33. The molecular formula is C18H14BrF2N3O2. The van der Waals surface area contributed by atoms with E-state index < -0.39 is 24.1 Å². The first-order chi connectivity index (χ1) is 12.5. The van der Waals surface area contributed by atoms with E-state index in [0.717, 1.165) is 22.2 Å². The molecule has 0 aliphatic carbocycles. The van der Waals surface area contributed by atoms with Crippen molar-refractivity contribution in [2.75, 3.05) is 11.9 Å². The second-order valence-electron chi connectivity index (χ2n) is 5.42. The molecule has 26 heavy (non-hydrogen) atoms. The molecule has 0 aliphatic heterocycles. The van der Waals surface area contributed by atoms with Crippen LogP contribution in [0.25, 0.3) is 0 Å². The van der Waals surface area contributed by atoms with Gasteiger partial charge in [-0.1, -0.05) is 28.1 Å². The lowest BCUT2D eigenvalue weighted by Gasteiger charge is -2.10. The molecule has 1 heterocycles. The first kappa shape index (κ1) is 18.1. The average Bonchev–Trinajstić information content (AvgIpc) is 3.01. The number of carbonyl (C=O) groups is 1. The van der Waals surface area contributed by atoms with Gasteiger partial charge in [0.15, 0.2) is 18.2 Å². The predicted octanol–water partition coefficient (Wildman–Crippen LogP) is 3.99. The molecular weight excluding hydrogens is 408 g/mol. The van der Waals surface area contributed by atoms with E-state index in [2.05, 4.69) is 26.3 Å². The van der Waals surface area contributed by atoms with Gasteiger partial charge in [-0.15, -0.1) is 0 Å². The zero-order valence-electron chi connectivity index (χ0n) is 13.5. The van der Waals surface area contributed by atoms with E-state index >= 15 is 0 Å². The van der Waals surface area contributed by atoms with E-state index in [1.807, 2.05) is 24.3 Å². The van der Waals surface area contributed by atoms with E-state index in [1.165, 1.54) is 0 Å². The number of nitrogens with zero attached hydrogens (tertiary/aromatic N) is 2. The third kappa shape index (κ3) is 4.66. The van der Waals surface area contributed by atoms with Crippen LogP contribution in [0.3, 0.4) is 0 Å². The number of amides is 1. The predicted molar refractivity (Wildman–Crippen MR) is 96.0 cm³/mol. The van der Waals surface area contributed by atoms with Crippen molar-refractivity contribution in [1.29, 1.82) is 0 Å². The van der Waals surface area contributed by atoms with Gasteiger partial charge in [0.25, 0.3) is 5.91 Å². The fourth-order valence-electron chi connectivity index (χ4n) is 2.29. The molecule has 2 aromatic carbocycles. The number of anilines is 1. The van der Waals surface area contributed by atoms with Gasteiger partial charge in [0.05, 0.1) is 12.7 Å². The summed E-state index contributed by atoms with van der Waals surface area (Å²) >= 11 is 3.41. The van der Waals surface area contributed by atoms with Gasteiger partial charge < -0.3 is 10.1 Å². The summed E-state index contributed by atoms with van der Waals surface area (Å²) in [6, 6.07) is 12.3. The van der Waals surface area contributed by atoms with Gasteiger partial charge in [-0.2, -0.15) is 5.10 Å². The minimum Gasteiger partial charge on any atom is -0.481 e. The van der Waals surface area contributed by atoms with Crippen LogP contribution in [-0.2, 0) is 11.3 Å². The SMILES string of the molecule is O=C(COc1ccc(F)cc1F)Nc1ccnn1Cc1cccc(Br)c1. The van der Waals surface area contributed by atoms with Crippen LogP contribution in [-0.4, -0.2) is 22.3 Å². The molecule has 3 rings (SSSR count). The Morgan fingerprint density at radius 2 is 2.04 bits per heavy atom. The second kappa shape index (κ2) is 8.09. The van der Waals surface area contributed by atoms with Crippen LogP contribution in [0, 0.1) is 11.6 Å². The number of carbonyl (C=O) groups excluding carboxylic acids is 1. The summed E-state index contributed by atoms with van der Waals surface area (Å²) in [6.45, 7) is 0.0557. The molecule has 1 aromatic heterocycles. The molecule has 0 aliphatic rings. The van der Waals surface area contributed by atoms with Gasteiger partial charge >= 0.3 is 0 Å². The Morgan fingerprint density at radius 1 is 1.19 bits per heavy atom. The standard InChI is InChI=1S/C18H14BrF2N3O2/c19-13-3-1-2-12(8-13)10-24-17(6-7-22-24)23-18(25)11-26-16-5-4-14(20)9-15(16)21/h1-9H,10-11H2,(H,23,25). The zero-order valence-corrected chi connectivity index (χ0v) is 15.0. The summed E-state index contributed by atoms with van der Waals surface area (Å²) in [4.78, 5) is 12.0. The number of benzene rings is 2. The minimum atomic E-state index is -0.863. The van der Waals surface area contributed by atoms with Crippen molar-refractivity contribution in [2.24, 2.45) is 0 Å². The zero-order chi connectivity index (χ0) is 18.5. The van der Waals surface area contributed by atoms with Gasteiger partial charge in [-0.3, -0.25) is 4.79 Å². The third-order valence-electron chi connectivity index (χ3n) is 3.46. The van der Waals surface area contributed by atoms with E-state index in [0.29, 0.717) is 18.4 Å². The summed E-state index contributed by atoms with van der Waals surface area (Å²) in [5, 5.41) is 6.84. The quantitative estimate of drug-likeness (QED) is 0.654. The number of rotatable bonds is 6. The molecule has 0 saturated carbocycles. The number of nitrogens with one attached hydrogen (secondary N) is 1. The lowest BCUT2D eigenvalue weighted by molar-refractivity contribution is -0.118. The molecule has 0 radical (unpaired) electrons. The topological polar surface area (TPSA) is 56.1 Å². The van der Waals surface area contributed by atoms with Crippen LogP contribution >= 0.6 is 15.9 Å². The highest BCUT2D eigenvalue weighted by Gasteiger charge is 2.11. The van der Waals surface area contributed by atoms with E-state index in [-0.39, 0.29) is 5.75 Å². The van der Waals surface area contributed by atoms with Crippen LogP contribution in [0.1, 0.15) is 5.56 Å². The maximum Gasteiger partial charge on any atom is 0.263 e. The summed E-state index contributed by atoms with van der Waals surface area (Å²) < 4.78 is 34.0. The van der Waals surface area contributed by atoms with Crippen molar-refractivity contribution in [3.63, 3.8) is 0 Å². The summed E-state index contributed by atoms with van der Waals surface area (Å²) in [5.41, 5.74) is 1.00. The third-order valence-corrected chi connectivity index (χ3v) is 3.95. The Labute approximate surface area is 156 Å². The molecule has 0 fully saturated rings. The van der Waals surface area contributed by atoms with Crippen LogP contribution in [0.15, 0.2) is 59.2 Å². The Hall–Kier alpha value is -2.74. The lowest BCUT2D eigenvalue weighted by Crippen LogP contribution is -2.22. The molecule has 1 amide bonds. The molecule has 1 N–H and O–H groups in total. The highest BCUT2D eigenvalue weighted by atomic mass is 79.9. The molecule has 5 nitrogen and oxygen atoms in total. The molecule has 8 heteroatoms. The number of aromatic nitrogens is 2. The van der Waals surface area contributed by atoms with E-state index in [1.54, 1.807) is 16.9 Å². The fraction of sp³-hybridized carbons (Fsp3) is 0.111. The summed E-state index contributed by atoms with van der Waals surface area (Å²) in [5.74, 6) is -1.76. The molecule has 134 valence electrons. The molecule has 3 aromatic rings. The monoisotopic (exact) mass is 421 g/mol. The van der Waals surface area contributed by atoms with Gasteiger partial charge in [0.1, 0.15) is 11.6 Å². The minimum absolute atomic E-state index is 0.191. The number of ether oxygens (including phenoxy) is 1. The van der Waals surface area contributed by atoms with Crippen molar-refractivity contribution < 1.29 is 18.3 Å². The molecule has 0 spiro atoms. The van der Waals surface area contributed by atoms with Crippen molar-refractivity contribution in [2.45, 2.75) is 6.54 Å². The van der Waals surface area contributed by atoms with Crippen molar-refractivity contribution in [1.82, 2.24) is 9.78 Å². The molecule has 0 bridgehead atoms. The number of hydrogen-bond acceptors (Lipinski definition) is 3. The van der Waals surface area contributed by atoms with Crippen molar-refractivity contribution in [3.8, 4) is 5.75 Å². The van der Waals surface area contributed by atoms with Crippen LogP contribution in [0.5, 0.6) is 5.75 Å². The van der Waals surface area contributed by atoms with Crippen molar-refractivity contribution >= 4 is 27.7 Å². The summed E-state index contributed by atoms with van der Waals surface area (Å²) in [6.07, 6.45) is 1.56. The maximum absolute atomic E-state index is 13.5. The largest absolute Gasteiger partial charge is 0.481 e. The Kier molecular flexibility index (Phi) is 5.62. The fourth-order valence-corrected chi connectivity index (χ4v) is 2.73. The normalized spacial score (nSPS) is 10.6. The van der Waals surface area contributed by atoms with Gasteiger partial charge in [-0.25, -0.2) is 13.5 Å². The van der Waals surface area contributed by atoms with Gasteiger partial charge in [0.2, 0.25) is 0 Å². The Bertz CT molecular complexity index is 930. The van der Waals surface area contributed by atoms with Crippen LogP contribution in [0.2, 0.25) is 0 Å². The van der Waals surface area contributed by atoms with Gasteiger partial charge in [0, 0.05) is 16.6 Å². The first-order valence-electron chi connectivity index (χ1n) is 7.65. The lowest BCUT2D eigenvalue weighted by atomic mass is 10.2. The number of hydrogen-bond donors (Lipinski definition) is 1. The Balaban J connectivity index is 1.60. The number of halogens is 3. The molecule has 0 saturated heterocycles. The van der Waals surface area contributed by atoms with Crippen molar-refractivity contribution in [3.05, 3.63) is 76.4 Å². The Morgan fingerprint density at radius 3 is 2.81 bits per heavy atom.